The number of anilines is 1. The van der Waals surface area contributed by atoms with E-state index in [1.165, 1.54) is 32.1 Å². The summed E-state index contributed by atoms with van der Waals surface area (Å²) in [4.78, 5) is 6.71. The van der Waals surface area contributed by atoms with E-state index in [9.17, 15) is 5.11 Å². The second-order valence-electron chi connectivity index (χ2n) is 6.03. The van der Waals surface area contributed by atoms with Crippen LogP contribution in [0, 0.1) is 5.92 Å². The minimum Gasteiger partial charge on any atom is -0.382 e. The second kappa shape index (κ2) is 3.70. The smallest absolute Gasteiger partial charge is 0.324 e. The van der Waals surface area contributed by atoms with Gasteiger partial charge in [0.1, 0.15) is 5.60 Å². The zero-order chi connectivity index (χ0) is 12.2. The highest BCUT2D eigenvalue weighted by atomic mass is 16.5. The zero-order valence-corrected chi connectivity index (χ0v) is 10.5. The van der Waals surface area contributed by atoms with E-state index in [1.807, 2.05) is 0 Å². The minimum atomic E-state index is -0.785. The van der Waals surface area contributed by atoms with Gasteiger partial charge >= 0.3 is 6.01 Å². The Hall–Kier alpha value is -1.10. The number of aliphatic hydroxyl groups is 1. The lowest BCUT2D eigenvalue weighted by Gasteiger charge is -2.34. The van der Waals surface area contributed by atoms with Crippen molar-refractivity contribution in [3.8, 4) is 0 Å². The Balaban J connectivity index is 1.58. The van der Waals surface area contributed by atoms with Crippen molar-refractivity contribution in [3.05, 3.63) is 5.82 Å². The number of nitrogens with zero attached hydrogens (tertiary/aromatic N) is 3. The molecule has 1 saturated heterocycles. The summed E-state index contributed by atoms with van der Waals surface area (Å²) in [7, 11) is 0. The van der Waals surface area contributed by atoms with Crippen LogP contribution < -0.4 is 4.90 Å². The monoisotopic (exact) mass is 249 g/mol. The molecule has 0 amide bonds. The van der Waals surface area contributed by atoms with Crippen LogP contribution >= 0.6 is 0 Å². The van der Waals surface area contributed by atoms with Crippen molar-refractivity contribution in [2.24, 2.45) is 5.92 Å². The van der Waals surface area contributed by atoms with Gasteiger partial charge in [0.15, 0.2) is 0 Å². The fraction of sp³-hybridized carbons (Fsp3) is 0.846. The van der Waals surface area contributed by atoms with Crippen LogP contribution in [0.3, 0.4) is 0 Å². The van der Waals surface area contributed by atoms with Crippen molar-refractivity contribution in [2.45, 2.75) is 56.6 Å². The molecule has 0 bridgehead atoms. The second-order valence-corrected chi connectivity index (χ2v) is 6.03. The molecule has 0 radical (unpaired) electrons. The Morgan fingerprint density at radius 3 is 2.78 bits per heavy atom. The molecule has 3 aliphatic rings. The van der Waals surface area contributed by atoms with Crippen LogP contribution in [0.2, 0.25) is 0 Å². The van der Waals surface area contributed by atoms with Gasteiger partial charge in [-0.1, -0.05) is 5.16 Å². The molecular formula is C13H19N3O2. The third kappa shape index (κ3) is 1.72. The summed E-state index contributed by atoms with van der Waals surface area (Å²) in [5, 5.41) is 14.0. The molecule has 0 spiro atoms. The van der Waals surface area contributed by atoms with Crippen LogP contribution in [-0.4, -0.2) is 27.8 Å². The Morgan fingerprint density at radius 1 is 1.22 bits per heavy atom. The van der Waals surface area contributed by atoms with E-state index in [1.54, 1.807) is 0 Å². The number of aromatic nitrogens is 2. The SMILES string of the molecule is OC1(c2noc(N3CCCCC3C3CC3)n2)CC1. The lowest BCUT2D eigenvalue weighted by atomic mass is 9.99. The van der Waals surface area contributed by atoms with Gasteiger partial charge in [0.05, 0.1) is 0 Å². The van der Waals surface area contributed by atoms with Crippen LogP contribution in [0.1, 0.15) is 50.8 Å². The van der Waals surface area contributed by atoms with E-state index < -0.39 is 5.60 Å². The molecule has 2 aliphatic carbocycles. The van der Waals surface area contributed by atoms with Crippen LogP contribution in [0.25, 0.3) is 0 Å². The molecular weight excluding hydrogens is 230 g/mol. The van der Waals surface area contributed by atoms with Crippen molar-refractivity contribution >= 4 is 6.01 Å². The molecule has 5 nitrogen and oxygen atoms in total. The van der Waals surface area contributed by atoms with Gasteiger partial charge in [-0.2, -0.15) is 4.98 Å². The molecule has 5 heteroatoms. The normalized spacial score (nSPS) is 30.5. The first-order valence-electron chi connectivity index (χ1n) is 7.09. The summed E-state index contributed by atoms with van der Waals surface area (Å²) >= 11 is 0. The molecule has 4 rings (SSSR count). The molecule has 0 aromatic carbocycles. The fourth-order valence-corrected chi connectivity index (χ4v) is 3.03. The highest BCUT2D eigenvalue weighted by Gasteiger charge is 2.47. The largest absolute Gasteiger partial charge is 0.382 e. The molecule has 2 heterocycles. The van der Waals surface area contributed by atoms with Crippen LogP contribution in [0.15, 0.2) is 4.52 Å². The van der Waals surface area contributed by atoms with E-state index in [2.05, 4.69) is 15.0 Å². The predicted octanol–water partition coefficient (Wildman–Crippen LogP) is 1.82. The van der Waals surface area contributed by atoms with Crippen molar-refractivity contribution in [1.82, 2.24) is 10.1 Å². The van der Waals surface area contributed by atoms with Crippen LogP contribution in [-0.2, 0) is 5.60 Å². The fourth-order valence-electron chi connectivity index (χ4n) is 3.03. The van der Waals surface area contributed by atoms with E-state index >= 15 is 0 Å². The summed E-state index contributed by atoms with van der Waals surface area (Å²) in [6, 6.07) is 1.21. The van der Waals surface area contributed by atoms with E-state index in [-0.39, 0.29) is 0 Å². The molecule has 1 unspecified atom stereocenters. The molecule has 1 atom stereocenters. The maximum atomic E-state index is 10.00. The van der Waals surface area contributed by atoms with Crippen LogP contribution in [0.5, 0.6) is 0 Å². The first kappa shape index (κ1) is 10.8. The third-order valence-electron chi connectivity index (χ3n) is 4.52. The van der Waals surface area contributed by atoms with Gasteiger partial charge in [-0.05, 0) is 50.9 Å². The van der Waals surface area contributed by atoms with Crippen molar-refractivity contribution < 1.29 is 9.63 Å². The van der Waals surface area contributed by atoms with E-state index in [4.69, 9.17) is 4.52 Å². The number of hydrogen-bond acceptors (Lipinski definition) is 5. The summed E-state index contributed by atoms with van der Waals surface area (Å²) < 4.78 is 5.38. The summed E-state index contributed by atoms with van der Waals surface area (Å²) in [5.41, 5.74) is -0.785. The van der Waals surface area contributed by atoms with Gasteiger partial charge in [0, 0.05) is 12.6 Å². The molecule has 1 aromatic heterocycles. The maximum absolute atomic E-state index is 10.00. The average molecular weight is 249 g/mol. The highest BCUT2D eigenvalue weighted by molar-refractivity contribution is 5.31. The van der Waals surface area contributed by atoms with Gasteiger partial charge in [-0.25, -0.2) is 0 Å². The van der Waals surface area contributed by atoms with E-state index in [0.717, 1.165) is 25.3 Å². The number of hydrogen-bond donors (Lipinski definition) is 1. The Labute approximate surface area is 106 Å². The zero-order valence-electron chi connectivity index (χ0n) is 10.5. The van der Waals surface area contributed by atoms with Gasteiger partial charge in [0.2, 0.25) is 5.82 Å². The summed E-state index contributed by atoms with van der Waals surface area (Å²) in [5.74, 6) is 1.31. The van der Waals surface area contributed by atoms with Crippen LogP contribution in [0.4, 0.5) is 6.01 Å². The minimum absolute atomic E-state index is 0.484. The third-order valence-corrected chi connectivity index (χ3v) is 4.52. The first-order chi connectivity index (χ1) is 8.76. The highest BCUT2D eigenvalue weighted by Crippen LogP contribution is 2.45. The number of piperidine rings is 1. The molecule has 2 saturated carbocycles. The van der Waals surface area contributed by atoms with E-state index in [0.29, 0.717) is 17.9 Å². The molecule has 3 fully saturated rings. The predicted molar refractivity (Wildman–Crippen MR) is 65.1 cm³/mol. The maximum Gasteiger partial charge on any atom is 0.324 e. The van der Waals surface area contributed by atoms with Gasteiger partial charge in [-0.3, -0.25) is 0 Å². The lowest BCUT2D eigenvalue weighted by Crippen LogP contribution is -2.41. The van der Waals surface area contributed by atoms with Gasteiger partial charge in [0.25, 0.3) is 0 Å². The number of rotatable bonds is 3. The molecule has 1 aromatic rings. The Kier molecular flexibility index (Phi) is 2.22. The van der Waals surface area contributed by atoms with Gasteiger partial charge < -0.3 is 14.5 Å². The van der Waals surface area contributed by atoms with Gasteiger partial charge in [-0.15, -0.1) is 0 Å². The molecule has 1 aliphatic heterocycles. The van der Waals surface area contributed by atoms with Crippen molar-refractivity contribution in [3.63, 3.8) is 0 Å². The molecule has 98 valence electrons. The Morgan fingerprint density at radius 2 is 2.06 bits per heavy atom. The molecule has 18 heavy (non-hydrogen) atoms. The summed E-state index contributed by atoms with van der Waals surface area (Å²) in [6.07, 6.45) is 7.95. The lowest BCUT2D eigenvalue weighted by molar-refractivity contribution is 0.137. The Bertz CT molecular complexity index is 451. The topological polar surface area (TPSA) is 62.4 Å². The van der Waals surface area contributed by atoms with Crippen molar-refractivity contribution in [2.75, 3.05) is 11.4 Å². The molecule has 1 N–H and O–H groups in total. The average Bonchev–Trinajstić information content (AvgIpc) is 3.31. The quantitative estimate of drug-likeness (QED) is 0.885. The van der Waals surface area contributed by atoms with Crippen molar-refractivity contribution in [1.29, 1.82) is 0 Å². The standard InChI is InChI=1S/C13H19N3O2/c17-13(6-7-13)11-14-12(18-15-11)16-8-2-1-3-10(16)9-4-5-9/h9-10,17H,1-8H2. The summed E-state index contributed by atoms with van der Waals surface area (Å²) in [6.45, 7) is 1.02. The first-order valence-corrected chi connectivity index (χ1v) is 7.09.